The van der Waals surface area contributed by atoms with E-state index in [2.05, 4.69) is 34.6 Å². The zero-order valence-electron chi connectivity index (χ0n) is 12.4. The number of thiophene rings is 1. The number of amides is 1. The second kappa shape index (κ2) is 7.23. The molecule has 21 heavy (non-hydrogen) atoms. The second-order valence-electron chi connectivity index (χ2n) is 5.87. The van der Waals surface area contributed by atoms with Gasteiger partial charge in [-0.1, -0.05) is 18.2 Å². The standard InChI is InChI=1S/C17H23NO2S/c19-17(14-5-2-1-3-6-14)18(13-16-7-4-12-21-16)15-8-10-20-11-9-15/h1-2,4,7,12,14-15H,3,5-6,8-11,13H2. The van der Waals surface area contributed by atoms with E-state index in [0.717, 1.165) is 51.9 Å². The molecule has 0 spiro atoms. The normalized spacial score (nSPS) is 23.1. The minimum Gasteiger partial charge on any atom is -0.381 e. The molecule has 1 aliphatic heterocycles. The van der Waals surface area contributed by atoms with E-state index in [0.29, 0.717) is 11.9 Å². The van der Waals surface area contributed by atoms with Crippen LogP contribution in [0.5, 0.6) is 0 Å². The lowest BCUT2D eigenvalue weighted by Crippen LogP contribution is -2.45. The minimum atomic E-state index is 0.179. The first-order valence-electron chi connectivity index (χ1n) is 7.90. The third-order valence-corrected chi connectivity index (χ3v) is 5.30. The minimum absolute atomic E-state index is 0.179. The predicted molar refractivity (Wildman–Crippen MR) is 85.2 cm³/mol. The largest absolute Gasteiger partial charge is 0.381 e. The molecule has 0 saturated carbocycles. The fraction of sp³-hybridized carbons (Fsp3) is 0.588. The Morgan fingerprint density at radius 3 is 2.81 bits per heavy atom. The monoisotopic (exact) mass is 305 g/mol. The molecule has 1 saturated heterocycles. The molecule has 0 N–H and O–H groups in total. The maximum Gasteiger partial charge on any atom is 0.226 e. The summed E-state index contributed by atoms with van der Waals surface area (Å²) in [5.74, 6) is 0.525. The van der Waals surface area contributed by atoms with Crippen LogP contribution in [-0.4, -0.2) is 30.1 Å². The Hall–Kier alpha value is -1.13. The van der Waals surface area contributed by atoms with Gasteiger partial charge in [0.2, 0.25) is 5.91 Å². The molecule has 2 aliphatic rings. The van der Waals surface area contributed by atoms with Gasteiger partial charge in [0.05, 0.1) is 6.54 Å². The van der Waals surface area contributed by atoms with E-state index in [1.54, 1.807) is 11.3 Å². The molecule has 3 nitrogen and oxygen atoms in total. The number of carbonyl (C=O) groups is 1. The first kappa shape index (κ1) is 14.8. The van der Waals surface area contributed by atoms with Crippen molar-refractivity contribution in [2.24, 2.45) is 5.92 Å². The van der Waals surface area contributed by atoms with Crippen molar-refractivity contribution in [1.29, 1.82) is 0 Å². The fourth-order valence-electron chi connectivity index (χ4n) is 3.21. The Bertz CT molecular complexity index is 477. The van der Waals surface area contributed by atoms with Crippen LogP contribution < -0.4 is 0 Å². The van der Waals surface area contributed by atoms with Crippen LogP contribution in [0.25, 0.3) is 0 Å². The molecular weight excluding hydrogens is 282 g/mol. The zero-order chi connectivity index (χ0) is 14.5. The molecule has 4 heteroatoms. The molecule has 3 rings (SSSR count). The number of rotatable bonds is 4. The smallest absolute Gasteiger partial charge is 0.226 e. The summed E-state index contributed by atoms with van der Waals surface area (Å²) >= 11 is 1.74. The zero-order valence-corrected chi connectivity index (χ0v) is 13.2. The first-order valence-corrected chi connectivity index (χ1v) is 8.78. The summed E-state index contributed by atoms with van der Waals surface area (Å²) in [5.41, 5.74) is 0. The number of ether oxygens (including phenoxy) is 1. The molecule has 2 heterocycles. The highest BCUT2D eigenvalue weighted by atomic mass is 32.1. The van der Waals surface area contributed by atoms with Crippen LogP contribution in [-0.2, 0) is 16.1 Å². The molecule has 1 atom stereocenters. The number of carbonyl (C=O) groups excluding carboxylic acids is 1. The lowest BCUT2D eigenvalue weighted by molar-refractivity contribution is -0.140. The molecular formula is C17H23NO2S. The van der Waals surface area contributed by atoms with Gasteiger partial charge in [0.1, 0.15) is 0 Å². The first-order chi connectivity index (χ1) is 10.3. The van der Waals surface area contributed by atoms with Crippen LogP contribution in [0.15, 0.2) is 29.7 Å². The maximum absolute atomic E-state index is 13.0. The van der Waals surface area contributed by atoms with Crippen LogP contribution >= 0.6 is 11.3 Å². The van der Waals surface area contributed by atoms with E-state index >= 15 is 0 Å². The lowest BCUT2D eigenvalue weighted by atomic mass is 9.92. The number of hydrogen-bond donors (Lipinski definition) is 0. The van der Waals surface area contributed by atoms with Crippen molar-refractivity contribution in [3.63, 3.8) is 0 Å². The Kier molecular flexibility index (Phi) is 5.09. The van der Waals surface area contributed by atoms with Gasteiger partial charge in [0.25, 0.3) is 0 Å². The van der Waals surface area contributed by atoms with E-state index in [9.17, 15) is 4.79 Å². The lowest BCUT2D eigenvalue weighted by Gasteiger charge is -2.36. The van der Waals surface area contributed by atoms with Crippen molar-refractivity contribution in [2.45, 2.75) is 44.7 Å². The number of hydrogen-bond acceptors (Lipinski definition) is 3. The van der Waals surface area contributed by atoms with E-state index in [1.807, 2.05) is 0 Å². The third-order valence-electron chi connectivity index (χ3n) is 4.44. The summed E-state index contributed by atoms with van der Waals surface area (Å²) < 4.78 is 5.46. The van der Waals surface area contributed by atoms with Crippen molar-refractivity contribution < 1.29 is 9.53 Å². The molecule has 0 bridgehead atoms. The van der Waals surface area contributed by atoms with Crippen LogP contribution in [0.4, 0.5) is 0 Å². The fourth-order valence-corrected chi connectivity index (χ4v) is 3.91. The van der Waals surface area contributed by atoms with Gasteiger partial charge in [-0.3, -0.25) is 4.79 Å². The van der Waals surface area contributed by atoms with Crippen molar-refractivity contribution in [2.75, 3.05) is 13.2 Å². The number of allylic oxidation sites excluding steroid dienone is 2. The van der Waals surface area contributed by atoms with Gasteiger partial charge in [-0.05, 0) is 43.6 Å². The quantitative estimate of drug-likeness (QED) is 0.795. The Morgan fingerprint density at radius 2 is 2.14 bits per heavy atom. The van der Waals surface area contributed by atoms with E-state index in [1.165, 1.54) is 4.88 Å². The van der Waals surface area contributed by atoms with Gasteiger partial charge in [-0.15, -0.1) is 11.3 Å². The molecule has 1 unspecified atom stereocenters. The summed E-state index contributed by atoms with van der Waals surface area (Å²) in [6, 6.07) is 4.54. The van der Waals surface area contributed by atoms with E-state index < -0.39 is 0 Å². The van der Waals surface area contributed by atoms with Crippen molar-refractivity contribution in [3.05, 3.63) is 34.5 Å². The highest BCUT2D eigenvalue weighted by Crippen LogP contribution is 2.26. The highest BCUT2D eigenvalue weighted by molar-refractivity contribution is 7.09. The van der Waals surface area contributed by atoms with Crippen molar-refractivity contribution in [1.82, 2.24) is 4.90 Å². The molecule has 1 fully saturated rings. The molecule has 1 aromatic heterocycles. The Balaban J connectivity index is 1.73. The van der Waals surface area contributed by atoms with Gasteiger partial charge in [-0.2, -0.15) is 0 Å². The van der Waals surface area contributed by atoms with Gasteiger partial charge in [0.15, 0.2) is 0 Å². The maximum atomic E-state index is 13.0. The molecule has 1 amide bonds. The van der Waals surface area contributed by atoms with Crippen molar-refractivity contribution >= 4 is 17.2 Å². The average molecular weight is 305 g/mol. The highest BCUT2D eigenvalue weighted by Gasteiger charge is 2.30. The van der Waals surface area contributed by atoms with E-state index in [-0.39, 0.29) is 5.92 Å². The van der Waals surface area contributed by atoms with Crippen LogP contribution in [0, 0.1) is 5.92 Å². The topological polar surface area (TPSA) is 29.5 Å². The van der Waals surface area contributed by atoms with Crippen LogP contribution in [0.3, 0.4) is 0 Å². The summed E-state index contributed by atoms with van der Waals surface area (Å²) in [6.45, 7) is 2.33. The Morgan fingerprint density at radius 1 is 1.29 bits per heavy atom. The summed E-state index contributed by atoms with van der Waals surface area (Å²) in [7, 11) is 0. The van der Waals surface area contributed by atoms with Crippen LogP contribution in [0.1, 0.15) is 37.0 Å². The number of nitrogens with zero attached hydrogens (tertiary/aromatic N) is 1. The third kappa shape index (κ3) is 3.74. The molecule has 1 aromatic rings. The van der Waals surface area contributed by atoms with Gasteiger partial charge in [-0.25, -0.2) is 0 Å². The van der Waals surface area contributed by atoms with Gasteiger partial charge < -0.3 is 9.64 Å². The van der Waals surface area contributed by atoms with Gasteiger partial charge >= 0.3 is 0 Å². The second-order valence-corrected chi connectivity index (χ2v) is 6.90. The molecule has 1 aliphatic carbocycles. The summed E-state index contributed by atoms with van der Waals surface area (Å²) in [6.07, 6.45) is 9.25. The Labute approximate surface area is 130 Å². The van der Waals surface area contributed by atoms with E-state index in [4.69, 9.17) is 4.74 Å². The summed E-state index contributed by atoms with van der Waals surface area (Å²) in [5, 5.41) is 2.09. The molecule has 114 valence electrons. The predicted octanol–water partition coefficient (Wildman–Crippen LogP) is 3.61. The molecule has 0 aromatic carbocycles. The van der Waals surface area contributed by atoms with Crippen LogP contribution in [0.2, 0.25) is 0 Å². The average Bonchev–Trinajstić information content (AvgIpc) is 3.07. The molecule has 0 radical (unpaired) electrons. The van der Waals surface area contributed by atoms with Gasteiger partial charge in [0, 0.05) is 30.1 Å². The van der Waals surface area contributed by atoms with Crippen molar-refractivity contribution in [3.8, 4) is 0 Å². The SMILES string of the molecule is O=C(C1CC=CCC1)N(Cc1cccs1)C1CCOCC1. The summed E-state index contributed by atoms with van der Waals surface area (Å²) in [4.78, 5) is 16.4.